The third kappa shape index (κ3) is 4.28. The molecule has 0 atom stereocenters. The second-order valence-corrected chi connectivity index (χ2v) is 7.00. The van der Waals surface area contributed by atoms with Gasteiger partial charge in [-0.2, -0.15) is 0 Å². The minimum atomic E-state index is -0.0287. The van der Waals surface area contributed by atoms with E-state index in [9.17, 15) is 4.79 Å². The lowest BCUT2D eigenvalue weighted by Crippen LogP contribution is -2.39. The Morgan fingerprint density at radius 3 is 2.89 bits per heavy atom. The van der Waals surface area contributed by atoms with Crippen LogP contribution in [-0.4, -0.2) is 61.7 Å². The molecular weight excluding hydrogens is 340 g/mol. The van der Waals surface area contributed by atoms with Crippen LogP contribution >= 0.6 is 0 Å². The highest BCUT2D eigenvalue weighted by Crippen LogP contribution is 2.28. The van der Waals surface area contributed by atoms with E-state index in [-0.39, 0.29) is 5.91 Å². The summed E-state index contributed by atoms with van der Waals surface area (Å²) in [6, 6.07) is 11.9. The molecule has 0 unspecified atom stereocenters. The molecule has 1 amide bonds. The second-order valence-electron chi connectivity index (χ2n) is 7.00. The molecule has 2 aromatic rings. The highest BCUT2D eigenvalue weighted by atomic mass is 16.5. The Labute approximate surface area is 160 Å². The molecule has 0 aliphatic carbocycles. The smallest absolute Gasteiger partial charge is 0.276 e. The molecular formula is C21H26N4O2. The predicted molar refractivity (Wildman–Crippen MR) is 106 cm³/mol. The van der Waals surface area contributed by atoms with Crippen LogP contribution in [0, 0.1) is 0 Å². The van der Waals surface area contributed by atoms with E-state index in [4.69, 9.17) is 4.74 Å². The Bertz CT molecular complexity index is 789. The van der Waals surface area contributed by atoms with Crippen LogP contribution in [0.3, 0.4) is 0 Å². The molecule has 3 heterocycles. The van der Waals surface area contributed by atoms with Crippen LogP contribution in [0.15, 0.2) is 42.6 Å². The van der Waals surface area contributed by atoms with Gasteiger partial charge in [0, 0.05) is 50.3 Å². The Morgan fingerprint density at radius 2 is 2.00 bits per heavy atom. The molecule has 27 heavy (non-hydrogen) atoms. The predicted octanol–water partition coefficient (Wildman–Crippen LogP) is 2.42. The van der Waals surface area contributed by atoms with Crippen LogP contribution in [0.1, 0.15) is 22.5 Å². The van der Waals surface area contributed by atoms with Crippen molar-refractivity contribution < 1.29 is 9.53 Å². The van der Waals surface area contributed by atoms with Crippen LogP contribution in [0.25, 0.3) is 0 Å². The fourth-order valence-corrected chi connectivity index (χ4v) is 3.72. The SMILES string of the molecule is O=C(c1cc(NCCN2CCOCC2)ccn1)N1CCCc2ccccc21. The average molecular weight is 366 g/mol. The van der Waals surface area contributed by atoms with Crippen molar-refractivity contribution in [3.8, 4) is 0 Å². The van der Waals surface area contributed by atoms with Gasteiger partial charge in [0.25, 0.3) is 5.91 Å². The highest BCUT2D eigenvalue weighted by molar-refractivity contribution is 6.05. The molecule has 4 rings (SSSR count). The van der Waals surface area contributed by atoms with Crippen molar-refractivity contribution in [1.82, 2.24) is 9.88 Å². The van der Waals surface area contributed by atoms with E-state index in [0.29, 0.717) is 5.69 Å². The summed E-state index contributed by atoms with van der Waals surface area (Å²) in [4.78, 5) is 21.6. The van der Waals surface area contributed by atoms with E-state index >= 15 is 0 Å². The first kappa shape index (κ1) is 17.9. The van der Waals surface area contributed by atoms with Crippen molar-refractivity contribution in [3.05, 3.63) is 53.9 Å². The number of fused-ring (bicyclic) bond motifs is 1. The monoisotopic (exact) mass is 366 g/mol. The van der Waals surface area contributed by atoms with Gasteiger partial charge >= 0.3 is 0 Å². The molecule has 2 aliphatic rings. The molecule has 0 bridgehead atoms. The molecule has 1 aromatic heterocycles. The van der Waals surface area contributed by atoms with Crippen molar-refractivity contribution in [2.24, 2.45) is 0 Å². The quantitative estimate of drug-likeness (QED) is 0.881. The first-order chi connectivity index (χ1) is 13.3. The lowest BCUT2D eigenvalue weighted by molar-refractivity contribution is 0.0398. The van der Waals surface area contributed by atoms with Gasteiger partial charge in [-0.05, 0) is 36.6 Å². The average Bonchev–Trinajstić information content (AvgIpc) is 2.74. The van der Waals surface area contributed by atoms with Gasteiger partial charge in [0.2, 0.25) is 0 Å². The number of rotatable bonds is 5. The van der Waals surface area contributed by atoms with Crippen LogP contribution in [0.5, 0.6) is 0 Å². The number of aryl methyl sites for hydroxylation is 1. The van der Waals surface area contributed by atoms with Gasteiger partial charge in [0.05, 0.1) is 13.2 Å². The third-order valence-corrected chi connectivity index (χ3v) is 5.20. The molecule has 1 saturated heterocycles. The van der Waals surface area contributed by atoms with Crippen molar-refractivity contribution in [2.75, 3.05) is 56.2 Å². The van der Waals surface area contributed by atoms with E-state index < -0.39 is 0 Å². The number of para-hydroxylation sites is 1. The number of amides is 1. The number of anilines is 2. The highest BCUT2D eigenvalue weighted by Gasteiger charge is 2.24. The summed E-state index contributed by atoms with van der Waals surface area (Å²) in [5.41, 5.74) is 3.67. The first-order valence-corrected chi connectivity index (χ1v) is 9.71. The number of morpholine rings is 1. The molecule has 6 nitrogen and oxygen atoms in total. The zero-order chi connectivity index (χ0) is 18.5. The Hall–Kier alpha value is -2.44. The minimum Gasteiger partial charge on any atom is -0.384 e. The first-order valence-electron chi connectivity index (χ1n) is 9.71. The van der Waals surface area contributed by atoms with Crippen molar-refractivity contribution >= 4 is 17.3 Å². The van der Waals surface area contributed by atoms with E-state index in [1.54, 1.807) is 6.20 Å². The number of aromatic nitrogens is 1. The lowest BCUT2D eigenvalue weighted by Gasteiger charge is -2.29. The summed E-state index contributed by atoms with van der Waals surface area (Å²) in [6.07, 6.45) is 3.72. The number of carbonyl (C=O) groups excluding carboxylic acids is 1. The fraction of sp³-hybridized carbons (Fsp3) is 0.429. The number of pyridine rings is 1. The maximum absolute atomic E-state index is 13.0. The fourth-order valence-electron chi connectivity index (χ4n) is 3.72. The molecule has 1 N–H and O–H groups in total. The normalized spacial score (nSPS) is 17.4. The number of benzene rings is 1. The molecule has 0 saturated carbocycles. The van der Waals surface area contributed by atoms with Crippen LogP contribution < -0.4 is 10.2 Å². The lowest BCUT2D eigenvalue weighted by atomic mass is 10.0. The number of nitrogens with zero attached hydrogens (tertiary/aromatic N) is 3. The molecule has 142 valence electrons. The van der Waals surface area contributed by atoms with E-state index in [1.807, 2.05) is 35.2 Å². The molecule has 0 radical (unpaired) electrons. The zero-order valence-corrected chi connectivity index (χ0v) is 15.6. The van der Waals surface area contributed by atoms with Crippen molar-refractivity contribution in [1.29, 1.82) is 0 Å². The van der Waals surface area contributed by atoms with Gasteiger partial charge in [0.15, 0.2) is 0 Å². The van der Waals surface area contributed by atoms with E-state index in [2.05, 4.69) is 21.3 Å². The molecule has 2 aliphatic heterocycles. The number of ether oxygens (including phenoxy) is 1. The minimum absolute atomic E-state index is 0.0287. The van der Waals surface area contributed by atoms with Gasteiger partial charge in [-0.15, -0.1) is 0 Å². The van der Waals surface area contributed by atoms with Gasteiger partial charge in [-0.3, -0.25) is 14.7 Å². The van der Waals surface area contributed by atoms with Crippen LogP contribution in [0.4, 0.5) is 11.4 Å². The topological polar surface area (TPSA) is 57.7 Å². The summed E-state index contributed by atoms with van der Waals surface area (Å²) in [5, 5.41) is 3.42. The Morgan fingerprint density at radius 1 is 1.15 bits per heavy atom. The van der Waals surface area contributed by atoms with Crippen molar-refractivity contribution in [3.63, 3.8) is 0 Å². The van der Waals surface area contributed by atoms with Crippen LogP contribution in [-0.2, 0) is 11.2 Å². The summed E-state index contributed by atoms with van der Waals surface area (Å²) in [7, 11) is 0. The Kier molecular flexibility index (Phi) is 5.65. The van der Waals surface area contributed by atoms with Gasteiger partial charge in [-0.1, -0.05) is 18.2 Å². The standard InChI is InChI=1S/C21H26N4O2/c26-21(25-10-3-5-17-4-1-2-6-20(17)25)19-16-18(7-8-23-19)22-9-11-24-12-14-27-15-13-24/h1-2,4,6-8,16H,3,5,9-15H2,(H,22,23). The van der Waals surface area contributed by atoms with Gasteiger partial charge in [-0.25, -0.2) is 0 Å². The number of nitrogens with one attached hydrogen (secondary N) is 1. The maximum atomic E-state index is 13.0. The number of carbonyl (C=O) groups is 1. The molecule has 6 heteroatoms. The zero-order valence-electron chi connectivity index (χ0n) is 15.6. The summed E-state index contributed by atoms with van der Waals surface area (Å²) < 4.78 is 5.38. The summed E-state index contributed by atoms with van der Waals surface area (Å²) >= 11 is 0. The summed E-state index contributed by atoms with van der Waals surface area (Å²) in [6.45, 7) is 6.13. The third-order valence-electron chi connectivity index (χ3n) is 5.20. The second kappa shape index (κ2) is 8.50. The van der Waals surface area contributed by atoms with Crippen molar-refractivity contribution in [2.45, 2.75) is 12.8 Å². The number of hydrogen-bond acceptors (Lipinski definition) is 5. The van der Waals surface area contributed by atoms with Crippen LogP contribution in [0.2, 0.25) is 0 Å². The molecule has 1 aromatic carbocycles. The molecule has 1 fully saturated rings. The largest absolute Gasteiger partial charge is 0.384 e. The van der Waals surface area contributed by atoms with E-state index in [1.165, 1.54) is 5.56 Å². The maximum Gasteiger partial charge on any atom is 0.276 e. The summed E-state index contributed by atoms with van der Waals surface area (Å²) in [5.74, 6) is -0.0287. The van der Waals surface area contributed by atoms with Gasteiger partial charge in [0.1, 0.15) is 5.69 Å². The van der Waals surface area contributed by atoms with Gasteiger partial charge < -0.3 is 15.0 Å². The molecule has 0 spiro atoms. The van der Waals surface area contributed by atoms with E-state index in [0.717, 1.165) is 70.2 Å². The Balaban J connectivity index is 1.41. The number of hydrogen-bond donors (Lipinski definition) is 1.